The quantitative estimate of drug-likeness (QED) is 0.324. The van der Waals surface area contributed by atoms with Crippen LogP contribution in [-0.2, 0) is 24.3 Å². The summed E-state index contributed by atoms with van der Waals surface area (Å²) in [6, 6.07) is 14.0. The van der Waals surface area contributed by atoms with Gasteiger partial charge in [-0.3, -0.25) is 14.5 Å². The van der Waals surface area contributed by atoms with E-state index >= 15 is 0 Å². The van der Waals surface area contributed by atoms with Gasteiger partial charge in [0, 0.05) is 68.9 Å². The van der Waals surface area contributed by atoms with Crippen molar-refractivity contribution in [2.75, 3.05) is 46.9 Å². The van der Waals surface area contributed by atoms with Crippen molar-refractivity contribution in [3.05, 3.63) is 77.6 Å². The van der Waals surface area contributed by atoms with E-state index in [4.69, 9.17) is 13.9 Å². The average molecular weight is 546 g/mol. The van der Waals surface area contributed by atoms with Gasteiger partial charge in [0.25, 0.3) is 5.91 Å². The van der Waals surface area contributed by atoms with Gasteiger partial charge >= 0.3 is 0 Å². The van der Waals surface area contributed by atoms with E-state index in [1.807, 2.05) is 30.3 Å². The van der Waals surface area contributed by atoms with Gasteiger partial charge in [-0.2, -0.15) is 0 Å². The van der Waals surface area contributed by atoms with E-state index < -0.39 is 0 Å². The average Bonchev–Trinajstić information content (AvgIpc) is 3.62. The number of fused-ring (bicyclic) bond motifs is 1. The van der Waals surface area contributed by atoms with Crippen molar-refractivity contribution in [2.24, 2.45) is 0 Å². The Morgan fingerprint density at radius 2 is 1.77 bits per heavy atom. The zero-order valence-corrected chi connectivity index (χ0v) is 23.2. The van der Waals surface area contributed by atoms with Crippen molar-refractivity contribution in [1.82, 2.24) is 24.7 Å². The van der Waals surface area contributed by atoms with Crippen LogP contribution in [0.25, 0.3) is 10.9 Å². The monoisotopic (exact) mass is 545 g/mol. The topological polar surface area (TPSA) is 104 Å². The molecule has 0 atom stereocenters. The second-order valence-corrected chi connectivity index (χ2v) is 9.92. The van der Waals surface area contributed by atoms with Crippen LogP contribution in [0.2, 0.25) is 0 Å². The summed E-state index contributed by atoms with van der Waals surface area (Å²) < 4.78 is 16.9. The lowest BCUT2D eigenvalue weighted by Crippen LogP contribution is -2.50. The van der Waals surface area contributed by atoms with Crippen molar-refractivity contribution in [3.8, 4) is 11.5 Å². The molecule has 0 radical (unpaired) electrons. The third-order valence-corrected chi connectivity index (χ3v) is 7.40. The lowest BCUT2D eigenvalue weighted by molar-refractivity contribution is -0.130. The number of para-hydroxylation sites is 1. The molecule has 1 aliphatic heterocycles. The van der Waals surface area contributed by atoms with Crippen molar-refractivity contribution in [1.29, 1.82) is 0 Å². The molecule has 40 heavy (non-hydrogen) atoms. The Labute approximate surface area is 233 Å². The third kappa shape index (κ3) is 6.12. The minimum absolute atomic E-state index is 0.0243. The molecule has 4 aromatic rings. The SMILES string of the molecule is COc1ccc(OC)c(CN(CCc2c[nH]c3ccccc23)Cc2nc(C(=O)N3CCN(C(C)=O)CC3)co2)c1. The third-order valence-electron chi connectivity index (χ3n) is 7.40. The normalized spacial score (nSPS) is 13.7. The number of aromatic amines is 1. The number of oxazole rings is 1. The van der Waals surface area contributed by atoms with Gasteiger partial charge in [-0.05, 0) is 36.2 Å². The summed E-state index contributed by atoms with van der Waals surface area (Å²) in [6.45, 7) is 5.26. The first-order valence-corrected chi connectivity index (χ1v) is 13.4. The lowest BCUT2D eigenvalue weighted by atomic mass is 10.1. The molecule has 0 saturated carbocycles. The maximum absolute atomic E-state index is 13.1. The number of H-pyrrole nitrogens is 1. The number of benzene rings is 2. The molecule has 1 aliphatic rings. The number of carbonyl (C=O) groups is 2. The number of hydrogen-bond donors (Lipinski definition) is 1. The van der Waals surface area contributed by atoms with Crippen LogP contribution in [-0.4, -0.2) is 83.4 Å². The standard InChI is InChI=1S/C30H35N5O5/c1-21(36)34-12-14-35(15-13-34)30(37)27-20-40-29(32-27)19-33(18-23-16-24(38-2)8-9-28(23)39-3)11-10-22-17-31-26-7-5-4-6-25(22)26/h4-9,16-17,20,31H,10-15,18-19H2,1-3H3. The first-order valence-electron chi connectivity index (χ1n) is 13.4. The zero-order valence-electron chi connectivity index (χ0n) is 23.2. The molecule has 1 saturated heterocycles. The number of rotatable bonds is 10. The fourth-order valence-electron chi connectivity index (χ4n) is 5.14. The summed E-state index contributed by atoms with van der Waals surface area (Å²) in [5, 5.41) is 1.20. The molecule has 0 aliphatic carbocycles. The van der Waals surface area contributed by atoms with E-state index in [1.165, 1.54) is 17.2 Å². The van der Waals surface area contributed by atoms with Crippen molar-refractivity contribution < 1.29 is 23.5 Å². The number of ether oxygens (including phenoxy) is 2. The van der Waals surface area contributed by atoms with Crippen LogP contribution in [0, 0.1) is 0 Å². The molecular weight excluding hydrogens is 510 g/mol. The highest BCUT2D eigenvalue weighted by Gasteiger charge is 2.26. The molecule has 0 unspecified atom stereocenters. The number of nitrogens with zero attached hydrogens (tertiary/aromatic N) is 4. The minimum atomic E-state index is -0.182. The number of carbonyl (C=O) groups excluding carboxylic acids is 2. The Morgan fingerprint density at radius 3 is 2.52 bits per heavy atom. The molecule has 2 aromatic carbocycles. The second-order valence-electron chi connectivity index (χ2n) is 9.92. The van der Waals surface area contributed by atoms with Gasteiger partial charge in [-0.1, -0.05) is 18.2 Å². The van der Waals surface area contributed by atoms with Crippen LogP contribution in [0.4, 0.5) is 0 Å². The van der Waals surface area contributed by atoms with Crippen LogP contribution in [0.15, 0.2) is 59.3 Å². The van der Waals surface area contributed by atoms with Crippen LogP contribution >= 0.6 is 0 Å². The van der Waals surface area contributed by atoms with Crippen LogP contribution in [0.5, 0.6) is 11.5 Å². The van der Waals surface area contributed by atoms with E-state index in [-0.39, 0.29) is 17.5 Å². The van der Waals surface area contributed by atoms with E-state index in [0.717, 1.165) is 35.5 Å². The maximum Gasteiger partial charge on any atom is 0.275 e. The molecule has 10 nitrogen and oxygen atoms in total. The Kier molecular flexibility index (Phi) is 8.35. The largest absolute Gasteiger partial charge is 0.497 e. The predicted octanol–water partition coefficient (Wildman–Crippen LogP) is 3.72. The number of piperazine rings is 1. The van der Waals surface area contributed by atoms with Crippen molar-refractivity contribution in [2.45, 2.75) is 26.4 Å². The number of hydrogen-bond acceptors (Lipinski definition) is 7. The number of methoxy groups -OCH3 is 2. The van der Waals surface area contributed by atoms with Gasteiger partial charge in [-0.15, -0.1) is 0 Å². The summed E-state index contributed by atoms with van der Waals surface area (Å²) in [7, 11) is 3.30. The van der Waals surface area contributed by atoms with Crippen LogP contribution < -0.4 is 9.47 Å². The maximum atomic E-state index is 13.1. The summed E-state index contributed by atoms with van der Waals surface area (Å²) in [4.78, 5) is 38.3. The molecule has 5 rings (SSSR count). The molecule has 2 amide bonds. The van der Waals surface area contributed by atoms with E-state index in [9.17, 15) is 9.59 Å². The lowest BCUT2D eigenvalue weighted by Gasteiger charge is -2.33. The molecule has 3 heterocycles. The summed E-state index contributed by atoms with van der Waals surface area (Å²) >= 11 is 0. The minimum Gasteiger partial charge on any atom is -0.497 e. The Balaban J connectivity index is 1.32. The molecule has 0 bridgehead atoms. The fraction of sp³-hybridized carbons (Fsp3) is 0.367. The zero-order chi connectivity index (χ0) is 28.1. The molecule has 1 fully saturated rings. The van der Waals surface area contributed by atoms with Gasteiger partial charge in [0.1, 0.15) is 17.8 Å². The molecule has 2 aromatic heterocycles. The Hall–Kier alpha value is -4.31. The molecule has 210 valence electrons. The first kappa shape index (κ1) is 27.3. The highest BCUT2D eigenvalue weighted by atomic mass is 16.5. The molecule has 1 N–H and O–H groups in total. The first-order chi connectivity index (χ1) is 19.4. The summed E-state index contributed by atoms with van der Waals surface area (Å²) in [5.74, 6) is 1.83. The molecular formula is C30H35N5O5. The van der Waals surface area contributed by atoms with Crippen molar-refractivity contribution >= 4 is 22.7 Å². The smallest absolute Gasteiger partial charge is 0.275 e. The van der Waals surface area contributed by atoms with Gasteiger partial charge < -0.3 is 28.7 Å². The Morgan fingerprint density at radius 1 is 1.00 bits per heavy atom. The van der Waals surface area contributed by atoms with Crippen LogP contribution in [0.3, 0.4) is 0 Å². The Bertz CT molecular complexity index is 1470. The van der Waals surface area contributed by atoms with E-state index in [2.05, 4.69) is 33.2 Å². The molecule has 0 spiro atoms. The molecule has 10 heteroatoms. The van der Waals surface area contributed by atoms with Gasteiger partial charge in [-0.25, -0.2) is 4.98 Å². The van der Waals surface area contributed by atoms with Gasteiger partial charge in [0.05, 0.1) is 20.8 Å². The van der Waals surface area contributed by atoms with Crippen LogP contribution in [0.1, 0.15) is 34.4 Å². The summed E-state index contributed by atoms with van der Waals surface area (Å²) in [5.41, 5.74) is 3.60. The van der Waals surface area contributed by atoms with Crippen molar-refractivity contribution in [3.63, 3.8) is 0 Å². The highest BCUT2D eigenvalue weighted by Crippen LogP contribution is 2.27. The van der Waals surface area contributed by atoms with Gasteiger partial charge in [0.2, 0.25) is 11.8 Å². The van der Waals surface area contributed by atoms with Gasteiger partial charge in [0.15, 0.2) is 5.69 Å². The van der Waals surface area contributed by atoms with E-state index in [1.54, 1.807) is 30.9 Å². The highest BCUT2D eigenvalue weighted by molar-refractivity contribution is 5.92. The number of amides is 2. The predicted molar refractivity (Wildman–Crippen MR) is 150 cm³/mol. The van der Waals surface area contributed by atoms with E-state index in [0.29, 0.717) is 45.2 Å². The fourth-order valence-corrected chi connectivity index (χ4v) is 5.14. The number of aromatic nitrogens is 2. The summed E-state index contributed by atoms with van der Waals surface area (Å²) in [6.07, 6.45) is 4.30. The second kappa shape index (κ2) is 12.3. The number of nitrogens with one attached hydrogen (secondary N) is 1.